The number of carbonyl (C=O) groups is 1. The lowest BCUT2D eigenvalue weighted by Gasteiger charge is -2.19. The number of methoxy groups -OCH3 is 3. The van der Waals surface area contributed by atoms with Crippen molar-refractivity contribution in [1.29, 1.82) is 0 Å². The molecular formula is C23H24NO5+. The zero-order chi connectivity index (χ0) is 20.5. The first-order valence-corrected chi connectivity index (χ1v) is 9.59. The van der Waals surface area contributed by atoms with Crippen molar-refractivity contribution in [2.24, 2.45) is 0 Å². The molecule has 0 bridgehead atoms. The summed E-state index contributed by atoms with van der Waals surface area (Å²) in [5, 5.41) is 1.82. The molecule has 3 aromatic rings. The number of aromatic nitrogens is 1. The van der Waals surface area contributed by atoms with Crippen LogP contribution in [0.1, 0.15) is 18.9 Å². The summed E-state index contributed by atoms with van der Waals surface area (Å²) in [6, 6.07) is 9.99. The maximum atomic E-state index is 12.0. The van der Waals surface area contributed by atoms with E-state index in [0.717, 1.165) is 40.7 Å². The minimum absolute atomic E-state index is 0.291. The van der Waals surface area contributed by atoms with E-state index in [0.29, 0.717) is 23.7 Å². The molecule has 0 fully saturated rings. The van der Waals surface area contributed by atoms with Crippen molar-refractivity contribution in [3.8, 4) is 34.3 Å². The van der Waals surface area contributed by atoms with Crippen molar-refractivity contribution in [2.75, 3.05) is 21.3 Å². The number of hydrogen-bond acceptors (Lipinski definition) is 5. The van der Waals surface area contributed by atoms with Crippen LogP contribution in [-0.2, 0) is 17.8 Å². The average molecular weight is 394 g/mol. The molecule has 2 aromatic carbocycles. The van der Waals surface area contributed by atoms with E-state index in [1.54, 1.807) is 28.3 Å². The first kappa shape index (κ1) is 19.1. The number of rotatable bonds is 5. The van der Waals surface area contributed by atoms with Crippen molar-refractivity contribution >= 4 is 16.7 Å². The molecule has 0 unspecified atom stereocenters. The Labute approximate surface area is 169 Å². The van der Waals surface area contributed by atoms with Crippen LogP contribution < -0.4 is 23.5 Å². The number of ether oxygens (including phenoxy) is 4. The molecule has 6 heteroatoms. The molecule has 1 aliphatic rings. The van der Waals surface area contributed by atoms with E-state index in [-0.39, 0.29) is 5.97 Å². The lowest BCUT2D eigenvalue weighted by Crippen LogP contribution is -2.40. The third-order valence-corrected chi connectivity index (χ3v) is 5.31. The second-order valence-electron chi connectivity index (χ2n) is 6.89. The van der Waals surface area contributed by atoms with Gasteiger partial charge in [-0.3, -0.25) is 4.79 Å². The molecule has 1 aliphatic heterocycles. The Morgan fingerprint density at radius 1 is 1.00 bits per heavy atom. The second kappa shape index (κ2) is 7.62. The van der Waals surface area contributed by atoms with Crippen LogP contribution in [0.4, 0.5) is 0 Å². The van der Waals surface area contributed by atoms with Crippen molar-refractivity contribution in [3.63, 3.8) is 0 Å². The van der Waals surface area contributed by atoms with Gasteiger partial charge in [0.15, 0.2) is 35.7 Å². The molecule has 6 nitrogen and oxygen atoms in total. The molecule has 0 N–H and O–H groups in total. The Bertz CT molecular complexity index is 1110. The quantitative estimate of drug-likeness (QED) is 0.375. The summed E-state index contributed by atoms with van der Waals surface area (Å²) in [6.45, 7) is 2.58. The number of benzene rings is 2. The van der Waals surface area contributed by atoms with Gasteiger partial charge < -0.3 is 18.9 Å². The van der Waals surface area contributed by atoms with Crippen LogP contribution in [-0.4, -0.2) is 27.3 Å². The van der Waals surface area contributed by atoms with Crippen molar-refractivity contribution in [3.05, 3.63) is 42.1 Å². The third-order valence-electron chi connectivity index (χ3n) is 5.31. The fraction of sp³-hybridized carbons (Fsp3) is 0.304. The van der Waals surface area contributed by atoms with E-state index >= 15 is 0 Å². The number of aryl methyl sites for hydroxylation is 2. The highest BCUT2D eigenvalue weighted by Gasteiger charge is 2.27. The lowest BCUT2D eigenvalue weighted by atomic mass is 9.95. The normalized spacial score (nSPS) is 12.1. The maximum Gasteiger partial charge on any atom is 0.311 e. The minimum atomic E-state index is -0.291. The van der Waals surface area contributed by atoms with E-state index in [1.807, 2.05) is 30.5 Å². The molecule has 0 atom stereocenters. The number of pyridine rings is 1. The van der Waals surface area contributed by atoms with Crippen LogP contribution in [0.3, 0.4) is 0 Å². The second-order valence-corrected chi connectivity index (χ2v) is 6.89. The monoisotopic (exact) mass is 394 g/mol. The molecule has 1 aromatic heterocycles. The average Bonchev–Trinajstić information content (AvgIpc) is 2.76. The van der Waals surface area contributed by atoms with Crippen molar-refractivity contribution < 1.29 is 28.3 Å². The maximum absolute atomic E-state index is 12.0. The summed E-state index contributed by atoms with van der Waals surface area (Å²) in [5.41, 5.74) is 3.41. The molecule has 4 rings (SSSR count). The van der Waals surface area contributed by atoms with Gasteiger partial charge in [-0.1, -0.05) is 6.92 Å². The minimum Gasteiger partial charge on any atom is -0.493 e. The van der Waals surface area contributed by atoms with Gasteiger partial charge in [0.1, 0.15) is 0 Å². The molecule has 29 heavy (non-hydrogen) atoms. The van der Waals surface area contributed by atoms with E-state index in [2.05, 4.69) is 10.6 Å². The van der Waals surface area contributed by atoms with Gasteiger partial charge in [-0.25, -0.2) is 0 Å². The first-order valence-electron chi connectivity index (χ1n) is 9.59. The van der Waals surface area contributed by atoms with Gasteiger partial charge in [0.05, 0.1) is 32.3 Å². The number of fused-ring (bicyclic) bond motifs is 4. The SMILES string of the molecule is CCC(=O)Oc1c(OC)ccc2cc3[n+](cc12)CCc1cc(OC)c(OC)cc1-3. The summed E-state index contributed by atoms with van der Waals surface area (Å²) in [6.07, 6.45) is 3.20. The van der Waals surface area contributed by atoms with Crippen LogP contribution in [0, 0.1) is 0 Å². The zero-order valence-corrected chi connectivity index (χ0v) is 17.1. The summed E-state index contributed by atoms with van der Waals surface area (Å²) in [7, 11) is 4.86. The Balaban J connectivity index is 1.92. The van der Waals surface area contributed by atoms with Gasteiger partial charge in [-0.05, 0) is 35.2 Å². The van der Waals surface area contributed by atoms with Gasteiger partial charge in [0, 0.05) is 18.9 Å². The number of carbonyl (C=O) groups excluding carboxylic acids is 1. The van der Waals surface area contributed by atoms with Crippen LogP contribution in [0.2, 0.25) is 0 Å². The molecule has 0 saturated heterocycles. The smallest absolute Gasteiger partial charge is 0.311 e. The van der Waals surface area contributed by atoms with E-state index in [1.165, 1.54) is 5.56 Å². The Hall–Kier alpha value is -3.28. The van der Waals surface area contributed by atoms with Crippen LogP contribution in [0.25, 0.3) is 22.0 Å². The summed E-state index contributed by atoms with van der Waals surface area (Å²) >= 11 is 0. The Morgan fingerprint density at radius 3 is 2.41 bits per heavy atom. The topological polar surface area (TPSA) is 57.9 Å². The number of hydrogen-bond donors (Lipinski definition) is 0. The third kappa shape index (κ3) is 3.24. The highest BCUT2D eigenvalue weighted by atomic mass is 16.6. The van der Waals surface area contributed by atoms with E-state index in [4.69, 9.17) is 18.9 Å². The highest BCUT2D eigenvalue weighted by Crippen LogP contribution is 2.40. The van der Waals surface area contributed by atoms with Gasteiger partial charge >= 0.3 is 5.97 Å². The van der Waals surface area contributed by atoms with Gasteiger partial charge in [-0.15, -0.1) is 0 Å². The molecular weight excluding hydrogens is 370 g/mol. The summed E-state index contributed by atoms with van der Waals surface area (Å²) in [5.74, 6) is 2.15. The molecule has 0 radical (unpaired) electrons. The standard InChI is InChI=1S/C23H24NO5/c1-5-22(25)29-23-17-13-24-9-8-15-11-20(27-3)21(28-4)12-16(15)18(24)10-14(17)6-7-19(23)26-2/h6-7,10-13H,5,8-9H2,1-4H3/q+1. The number of esters is 1. The fourth-order valence-corrected chi connectivity index (χ4v) is 3.79. The van der Waals surface area contributed by atoms with Crippen LogP contribution >= 0.6 is 0 Å². The van der Waals surface area contributed by atoms with E-state index in [9.17, 15) is 4.79 Å². The van der Waals surface area contributed by atoms with Crippen molar-refractivity contribution in [1.82, 2.24) is 0 Å². The Kier molecular flexibility index (Phi) is 5.01. The largest absolute Gasteiger partial charge is 0.493 e. The van der Waals surface area contributed by atoms with Gasteiger partial charge in [-0.2, -0.15) is 4.57 Å². The predicted octanol–water partition coefficient (Wildman–Crippen LogP) is 3.69. The van der Waals surface area contributed by atoms with Gasteiger partial charge in [0.2, 0.25) is 5.69 Å². The zero-order valence-electron chi connectivity index (χ0n) is 17.1. The molecule has 150 valence electrons. The van der Waals surface area contributed by atoms with Crippen molar-refractivity contribution in [2.45, 2.75) is 26.3 Å². The molecule has 2 heterocycles. The van der Waals surface area contributed by atoms with Gasteiger partial charge in [0.25, 0.3) is 0 Å². The molecule has 0 aliphatic carbocycles. The highest BCUT2D eigenvalue weighted by molar-refractivity contribution is 5.93. The summed E-state index contributed by atoms with van der Waals surface area (Å²) < 4.78 is 24.2. The van der Waals surface area contributed by atoms with E-state index < -0.39 is 0 Å². The predicted molar refractivity (Wildman–Crippen MR) is 109 cm³/mol. The first-order chi connectivity index (χ1) is 14.1. The summed E-state index contributed by atoms with van der Waals surface area (Å²) in [4.78, 5) is 12.0. The fourth-order valence-electron chi connectivity index (χ4n) is 3.79. The molecule has 0 spiro atoms. The van der Waals surface area contributed by atoms with Crippen LogP contribution in [0.15, 0.2) is 36.5 Å². The number of nitrogens with zero attached hydrogens (tertiary/aromatic N) is 1. The molecule has 0 saturated carbocycles. The van der Waals surface area contributed by atoms with Crippen LogP contribution in [0.5, 0.6) is 23.0 Å². The Morgan fingerprint density at radius 2 is 1.72 bits per heavy atom. The lowest BCUT2D eigenvalue weighted by molar-refractivity contribution is -0.686. The molecule has 0 amide bonds.